The second kappa shape index (κ2) is 5.88. The van der Waals surface area contributed by atoms with Crippen LogP contribution in [0.3, 0.4) is 0 Å². The number of carbonyl (C=O) groups is 1. The van der Waals surface area contributed by atoms with E-state index < -0.39 is 5.54 Å². The topological polar surface area (TPSA) is 61.4 Å². The Bertz CT molecular complexity index is 223. The molecule has 1 aliphatic heterocycles. The van der Waals surface area contributed by atoms with Crippen molar-refractivity contribution >= 4 is 5.91 Å². The maximum atomic E-state index is 11.9. The Hall–Kier alpha value is -0.870. The van der Waals surface area contributed by atoms with Crippen LogP contribution in [0, 0.1) is 0 Å². The van der Waals surface area contributed by atoms with E-state index in [1.807, 2.05) is 0 Å². The van der Waals surface area contributed by atoms with Gasteiger partial charge in [-0.1, -0.05) is 6.08 Å². The van der Waals surface area contributed by atoms with Crippen LogP contribution in [-0.4, -0.2) is 36.2 Å². The summed E-state index contributed by atoms with van der Waals surface area (Å²) in [6.45, 7) is 5.23. The molecular formula is C11H20N2O2. The Labute approximate surface area is 90.7 Å². The van der Waals surface area contributed by atoms with E-state index in [9.17, 15) is 4.79 Å². The maximum Gasteiger partial charge on any atom is 0.240 e. The van der Waals surface area contributed by atoms with Gasteiger partial charge in [0.25, 0.3) is 0 Å². The SMILES string of the molecule is C=CCC1(C(=O)NCCCO)CCCN1. The van der Waals surface area contributed by atoms with Gasteiger partial charge in [-0.25, -0.2) is 0 Å². The average molecular weight is 212 g/mol. The monoisotopic (exact) mass is 212 g/mol. The number of rotatable bonds is 6. The number of aliphatic hydroxyl groups is 1. The lowest BCUT2D eigenvalue weighted by Crippen LogP contribution is -2.53. The third-order valence-electron chi connectivity index (χ3n) is 2.79. The van der Waals surface area contributed by atoms with Gasteiger partial charge in [-0.05, 0) is 32.2 Å². The highest BCUT2D eigenvalue weighted by atomic mass is 16.3. The molecule has 0 aromatic carbocycles. The number of hydrogen-bond acceptors (Lipinski definition) is 3. The van der Waals surface area contributed by atoms with Gasteiger partial charge in [0.1, 0.15) is 5.54 Å². The fraction of sp³-hybridized carbons (Fsp3) is 0.727. The van der Waals surface area contributed by atoms with E-state index in [0.29, 0.717) is 19.4 Å². The zero-order valence-corrected chi connectivity index (χ0v) is 9.09. The Morgan fingerprint density at radius 2 is 2.47 bits per heavy atom. The highest BCUT2D eigenvalue weighted by Gasteiger charge is 2.39. The van der Waals surface area contributed by atoms with Crippen LogP contribution in [0.1, 0.15) is 25.7 Å². The molecule has 86 valence electrons. The summed E-state index contributed by atoms with van der Waals surface area (Å²) in [7, 11) is 0. The molecular weight excluding hydrogens is 192 g/mol. The fourth-order valence-electron chi connectivity index (χ4n) is 1.96. The lowest BCUT2D eigenvalue weighted by atomic mass is 9.92. The van der Waals surface area contributed by atoms with Crippen molar-refractivity contribution in [1.82, 2.24) is 10.6 Å². The molecule has 1 fully saturated rings. The van der Waals surface area contributed by atoms with Gasteiger partial charge in [-0.2, -0.15) is 0 Å². The van der Waals surface area contributed by atoms with Crippen LogP contribution >= 0.6 is 0 Å². The van der Waals surface area contributed by atoms with Crippen molar-refractivity contribution in [2.45, 2.75) is 31.2 Å². The summed E-state index contributed by atoms with van der Waals surface area (Å²) in [6.07, 6.45) is 4.95. The highest BCUT2D eigenvalue weighted by Crippen LogP contribution is 2.23. The summed E-state index contributed by atoms with van der Waals surface area (Å²) in [4.78, 5) is 11.9. The van der Waals surface area contributed by atoms with Crippen molar-refractivity contribution < 1.29 is 9.90 Å². The predicted molar refractivity (Wildman–Crippen MR) is 59.5 cm³/mol. The Kier molecular flexibility index (Phi) is 4.78. The molecule has 1 heterocycles. The van der Waals surface area contributed by atoms with E-state index in [1.54, 1.807) is 6.08 Å². The number of nitrogens with one attached hydrogen (secondary N) is 2. The lowest BCUT2D eigenvalue weighted by Gasteiger charge is -2.26. The molecule has 1 atom stereocenters. The molecule has 4 heteroatoms. The molecule has 1 saturated heterocycles. The van der Waals surface area contributed by atoms with Gasteiger partial charge in [-0.15, -0.1) is 6.58 Å². The first-order valence-corrected chi connectivity index (χ1v) is 5.50. The third kappa shape index (κ3) is 3.04. The summed E-state index contributed by atoms with van der Waals surface area (Å²) in [5.41, 5.74) is -0.447. The summed E-state index contributed by atoms with van der Waals surface area (Å²) >= 11 is 0. The molecule has 0 spiro atoms. The molecule has 4 nitrogen and oxygen atoms in total. The zero-order valence-electron chi connectivity index (χ0n) is 9.09. The third-order valence-corrected chi connectivity index (χ3v) is 2.79. The Balaban J connectivity index is 2.48. The second-order valence-corrected chi connectivity index (χ2v) is 3.94. The smallest absolute Gasteiger partial charge is 0.240 e. The standard InChI is InChI=1S/C11H20N2O2/c1-2-5-11(6-3-8-13-11)10(15)12-7-4-9-14/h2,13-14H,1,3-9H2,(H,12,15). The molecule has 1 amide bonds. The van der Waals surface area contributed by atoms with Crippen LogP contribution in [0.15, 0.2) is 12.7 Å². The van der Waals surface area contributed by atoms with Crippen LogP contribution in [0.5, 0.6) is 0 Å². The van der Waals surface area contributed by atoms with Crippen molar-refractivity contribution in [3.63, 3.8) is 0 Å². The first-order valence-electron chi connectivity index (χ1n) is 5.50. The molecule has 1 rings (SSSR count). The minimum Gasteiger partial charge on any atom is -0.396 e. The first-order chi connectivity index (χ1) is 7.25. The summed E-state index contributed by atoms with van der Waals surface area (Å²) in [5, 5.41) is 14.7. The van der Waals surface area contributed by atoms with E-state index in [2.05, 4.69) is 17.2 Å². The van der Waals surface area contributed by atoms with Crippen molar-refractivity contribution in [1.29, 1.82) is 0 Å². The highest BCUT2D eigenvalue weighted by molar-refractivity contribution is 5.86. The van der Waals surface area contributed by atoms with Crippen LogP contribution < -0.4 is 10.6 Å². The molecule has 0 saturated carbocycles. The minimum atomic E-state index is -0.447. The number of aliphatic hydroxyl groups excluding tert-OH is 1. The van der Waals surface area contributed by atoms with Crippen LogP contribution in [0.4, 0.5) is 0 Å². The van der Waals surface area contributed by atoms with Crippen LogP contribution in [0.2, 0.25) is 0 Å². The quantitative estimate of drug-likeness (QED) is 0.435. The largest absolute Gasteiger partial charge is 0.396 e. The van der Waals surface area contributed by atoms with Gasteiger partial charge < -0.3 is 15.7 Å². The molecule has 1 aliphatic rings. The van der Waals surface area contributed by atoms with Crippen LogP contribution in [0.25, 0.3) is 0 Å². The molecule has 15 heavy (non-hydrogen) atoms. The van der Waals surface area contributed by atoms with E-state index in [-0.39, 0.29) is 12.5 Å². The van der Waals surface area contributed by atoms with Gasteiger partial charge in [0.15, 0.2) is 0 Å². The van der Waals surface area contributed by atoms with Gasteiger partial charge in [-0.3, -0.25) is 4.79 Å². The summed E-state index contributed by atoms with van der Waals surface area (Å²) in [5.74, 6) is 0.0355. The van der Waals surface area contributed by atoms with Gasteiger partial charge >= 0.3 is 0 Å². The lowest BCUT2D eigenvalue weighted by molar-refractivity contribution is -0.127. The Morgan fingerprint density at radius 1 is 1.67 bits per heavy atom. The molecule has 0 radical (unpaired) electrons. The average Bonchev–Trinajstić information content (AvgIpc) is 2.68. The van der Waals surface area contributed by atoms with Gasteiger partial charge in [0.2, 0.25) is 5.91 Å². The molecule has 0 aromatic heterocycles. The zero-order chi connectivity index (χ0) is 11.1. The van der Waals surface area contributed by atoms with Crippen molar-refractivity contribution in [3.05, 3.63) is 12.7 Å². The summed E-state index contributed by atoms with van der Waals surface area (Å²) < 4.78 is 0. The number of hydrogen-bond donors (Lipinski definition) is 3. The molecule has 0 aliphatic carbocycles. The minimum absolute atomic E-state index is 0.0355. The fourth-order valence-corrected chi connectivity index (χ4v) is 1.96. The van der Waals surface area contributed by atoms with Crippen molar-refractivity contribution in [2.24, 2.45) is 0 Å². The number of carbonyl (C=O) groups excluding carboxylic acids is 1. The van der Waals surface area contributed by atoms with Gasteiger partial charge in [0, 0.05) is 13.2 Å². The second-order valence-electron chi connectivity index (χ2n) is 3.94. The maximum absolute atomic E-state index is 11.9. The predicted octanol–water partition coefficient (Wildman–Crippen LogP) is 0.183. The van der Waals surface area contributed by atoms with Gasteiger partial charge in [0.05, 0.1) is 0 Å². The first kappa shape index (κ1) is 12.2. The molecule has 0 bridgehead atoms. The van der Waals surface area contributed by atoms with E-state index >= 15 is 0 Å². The van der Waals surface area contributed by atoms with Crippen molar-refractivity contribution in [2.75, 3.05) is 19.7 Å². The number of amides is 1. The van der Waals surface area contributed by atoms with E-state index in [1.165, 1.54) is 0 Å². The van der Waals surface area contributed by atoms with Crippen molar-refractivity contribution in [3.8, 4) is 0 Å². The van der Waals surface area contributed by atoms with E-state index in [4.69, 9.17) is 5.11 Å². The Morgan fingerprint density at radius 3 is 3.00 bits per heavy atom. The normalized spacial score (nSPS) is 25.1. The molecule has 1 unspecified atom stereocenters. The molecule has 3 N–H and O–H groups in total. The van der Waals surface area contributed by atoms with E-state index in [0.717, 1.165) is 19.4 Å². The molecule has 0 aromatic rings. The van der Waals surface area contributed by atoms with Crippen LogP contribution in [-0.2, 0) is 4.79 Å². The summed E-state index contributed by atoms with van der Waals surface area (Å²) in [6, 6.07) is 0.